The molecule has 0 aromatic heterocycles. The summed E-state index contributed by atoms with van der Waals surface area (Å²) in [6.07, 6.45) is 1.06. The number of hydrogen-bond acceptors (Lipinski definition) is 5. The molecule has 0 unspecified atom stereocenters. The van der Waals surface area contributed by atoms with E-state index in [4.69, 9.17) is 9.47 Å². The highest BCUT2D eigenvalue weighted by Crippen LogP contribution is 2.35. The molecule has 8 heteroatoms. The van der Waals surface area contributed by atoms with Gasteiger partial charge in [0, 0.05) is 12.6 Å². The monoisotopic (exact) mass is 442 g/mol. The van der Waals surface area contributed by atoms with Crippen molar-refractivity contribution in [2.75, 3.05) is 24.8 Å². The summed E-state index contributed by atoms with van der Waals surface area (Å²) < 4.78 is 36.9. The second-order valence-electron chi connectivity index (χ2n) is 7.13. The number of hydrogen-bond donors (Lipinski definition) is 1. The van der Waals surface area contributed by atoms with Gasteiger partial charge in [-0.15, -0.1) is 0 Å². The second kappa shape index (κ2) is 9.26. The summed E-state index contributed by atoms with van der Waals surface area (Å²) in [5, 5.41) is 4.97. The van der Waals surface area contributed by atoms with Gasteiger partial charge in [0.2, 0.25) is 15.9 Å². The van der Waals surface area contributed by atoms with E-state index in [9.17, 15) is 13.2 Å². The van der Waals surface area contributed by atoms with Gasteiger partial charge < -0.3 is 14.8 Å². The fraction of sp³-hybridized carbons (Fsp3) is 0.261. The number of amides is 1. The lowest BCUT2D eigenvalue weighted by atomic mass is 10.0. The van der Waals surface area contributed by atoms with Crippen molar-refractivity contribution >= 4 is 32.4 Å². The van der Waals surface area contributed by atoms with E-state index in [1.165, 1.54) is 20.3 Å². The molecule has 0 aliphatic carbocycles. The molecule has 31 heavy (non-hydrogen) atoms. The Morgan fingerprint density at radius 2 is 1.74 bits per heavy atom. The number of anilines is 1. The van der Waals surface area contributed by atoms with Gasteiger partial charge in [-0.05, 0) is 35.4 Å². The highest BCUT2D eigenvalue weighted by Gasteiger charge is 2.31. The van der Waals surface area contributed by atoms with Crippen molar-refractivity contribution in [3.63, 3.8) is 0 Å². The number of nitrogens with one attached hydrogen (secondary N) is 1. The molecule has 7 nitrogen and oxygen atoms in total. The Morgan fingerprint density at radius 1 is 1.03 bits per heavy atom. The molecule has 164 valence electrons. The zero-order valence-electron chi connectivity index (χ0n) is 18.0. The molecule has 1 atom stereocenters. The molecule has 0 aliphatic heterocycles. The van der Waals surface area contributed by atoms with E-state index in [0.717, 1.165) is 26.9 Å². The predicted octanol–water partition coefficient (Wildman–Crippen LogP) is 3.33. The van der Waals surface area contributed by atoms with Gasteiger partial charge >= 0.3 is 0 Å². The van der Waals surface area contributed by atoms with Gasteiger partial charge in [-0.3, -0.25) is 9.10 Å². The Balaban J connectivity index is 1.89. The number of sulfonamides is 1. The standard InChI is InChI=1S/C23H26N2O5S/c1-16(23(26)24-15-18-10-7-9-17-8-5-6-11-20(17)18)25(31(4,27)28)21-14-19(29-2)12-13-22(21)30-3/h5-14,16H,15H2,1-4H3,(H,24,26)/t16-/m0/s1. The number of carbonyl (C=O) groups excluding carboxylic acids is 1. The second-order valence-corrected chi connectivity index (χ2v) is 8.99. The average Bonchev–Trinajstić information content (AvgIpc) is 2.76. The minimum atomic E-state index is -3.80. The van der Waals surface area contributed by atoms with E-state index >= 15 is 0 Å². The van der Waals surface area contributed by atoms with Gasteiger partial charge in [-0.25, -0.2) is 8.42 Å². The number of methoxy groups -OCH3 is 2. The topological polar surface area (TPSA) is 84.9 Å². The van der Waals surface area contributed by atoms with Crippen molar-refractivity contribution in [3.05, 3.63) is 66.2 Å². The quantitative estimate of drug-likeness (QED) is 0.578. The first-order chi connectivity index (χ1) is 14.8. The lowest BCUT2D eigenvalue weighted by Gasteiger charge is -2.29. The highest BCUT2D eigenvalue weighted by atomic mass is 32.2. The van der Waals surface area contributed by atoms with Crippen LogP contribution in [0.4, 0.5) is 5.69 Å². The molecule has 0 spiro atoms. The Bertz CT molecular complexity index is 1190. The van der Waals surface area contributed by atoms with Crippen molar-refractivity contribution in [2.45, 2.75) is 19.5 Å². The third-order valence-electron chi connectivity index (χ3n) is 5.04. The van der Waals surface area contributed by atoms with Crippen LogP contribution in [0.2, 0.25) is 0 Å². The van der Waals surface area contributed by atoms with Crippen LogP contribution in [0.15, 0.2) is 60.7 Å². The molecule has 3 aromatic carbocycles. The van der Waals surface area contributed by atoms with E-state index in [1.807, 2.05) is 42.5 Å². The molecule has 3 rings (SSSR count). The van der Waals surface area contributed by atoms with Gasteiger partial charge in [-0.2, -0.15) is 0 Å². The third kappa shape index (κ3) is 4.91. The summed E-state index contributed by atoms with van der Waals surface area (Å²) in [7, 11) is -0.876. The minimum absolute atomic E-state index is 0.233. The third-order valence-corrected chi connectivity index (χ3v) is 6.27. The van der Waals surface area contributed by atoms with Crippen LogP contribution < -0.4 is 19.1 Å². The number of ether oxygens (including phenoxy) is 2. The summed E-state index contributed by atoms with van der Waals surface area (Å²) in [6, 6.07) is 17.6. The zero-order valence-corrected chi connectivity index (χ0v) is 18.8. The van der Waals surface area contributed by atoms with Crippen LogP contribution in [0.1, 0.15) is 12.5 Å². The van der Waals surface area contributed by atoms with Crippen molar-refractivity contribution in [2.24, 2.45) is 0 Å². The summed E-state index contributed by atoms with van der Waals surface area (Å²) in [4.78, 5) is 13.0. The minimum Gasteiger partial charge on any atom is -0.497 e. The first-order valence-electron chi connectivity index (χ1n) is 9.72. The van der Waals surface area contributed by atoms with Crippen molar-refractivity contribution in [1.29, 1.82) is 0 Å². The highest BCUT2D eigenvalue weighted by molar-refractivity contribution is 7.92. The van der Waals surface area contributed by atoms with E-state index in [1.54, 1.807) is 19.1 Å². The van der Waals surface area contributed by atoms with Gasteiger partial charge in [-0.1, -0.05) is 42.5 Å². The normalized spacial score (nSPS) is 12.3. The van der Waals surface area contributed by atoms with E-state index < -0.39 is 22.0 Å². The molecular weight excluding hydrogens is 416 g/mol. The number of carbonyl (C=O) groups is 1. The Morgan fingerprint density at radius 3 is 2.42 bits per heavy atom. The van der Waals surface area contributed by atoms with Crippen LogP contribution >= 0.6 is 0 Å². The molecule has 1 amide bonds. The van der Waals surface area contributed by atoms with Gasteiger partial charge in [0.15, 0.2) is 0 Å². The number of fused-ring (bicyclic) bond motifs is 1. The van der Waals surface area contributed by atoms with Gasteiger partial charge in [0.1, 0.15) is 17.5 Å². The molecular formula is C23H26N2O5S. The smallest absolute Gasteiger partial charge is 0.243 e. The number of nitrogens with zero attached hydrogens (tertiary/aromatic N) is 1. The molecule has 0 fully saturated rings. The largest absolute Gasteiger partial charge is 0.497 e. The van der Waals surface area contributed by atoms with Crippen LogP contribution in [0, 0.1) is 0 Å². The molecule has 0 radical (unpaired) electrons. The lowest BCUT2D eigenvalue weighted by Crippen LogP contribution is -2.47. The molecule has 0 saturated carbocycles. The number of rotatable bonds is 8. The summed E-state index contributed by atoms with van der Waals surface area (Å²) >= 11 is 0. The molecule has 0 saturated heterocycles. The first-order valence-corrected chi connectivity index (χ1v) is 11.6. The van der Waals surface area contributed by atoms with Crippen LogP contribution in [-0.2, 0) is 21.4 Å². The van der Waals surface area contributed by atoms with Crippen LogP contribution in [0.5, 0.6) is 11.5 Å². The van der Waals surface area contributed by atoms with E-state index in [0.29, 0.717) is 11.5 Å². The van der Waals surface area contributed by atoms with Crippen LogP contribution in [-0.4, -0.2) is 40.8 Å². The van der Waals surface area contributed by atoms with Gasteiger partial charge in [0.25, 0.3) is 0 Å². The predicted molar refractivity (Wildman–Crippen MR) is 122 cm³/mol. The summed E-state index contributed by atoms with van der Waals surface area (Å²) in [5.41, 5.74) is 1.18. The molecule has 0 bridgehead atoms. The van der Waals surface area contributed by atoms with E-state index in [-0.39, 0.29) is 12.2 Å². The Hall–Kier alpha value is -3.26. The molecule has 0 aliphatic rings. The summed E-state index contributed by atoms with van der Waals surface area (Å²) in [6.45, 7) is 1.82. The average molecular weight is 443 g/mol. The Labute approximate surface area is 182 Å². The van der Waals surface area contributed by atoms with E-state index in [2.05, 4.69) is 5.32 Å². The fourth-order valence-electron chi connectivity index (χ4n) is 3.53. The lowest BCUT2D eigenvalue weighted by molar-refractivity contribution is -0.122. The van der Waals surface area contributed by atoms with Crippen LogP contribution in [0.25, 0.3) is 10.8 Å². The van der Waals surface area contributed by atoms with Crippen molar-refractivity contribution in [3.8, 4) is 11.5 Å². The maximum absolute atomic E-state index is 13.0. The SMILES string of the molecule is COc1ccc(OC)c(N([C@@H](C)C(=O)NCc2cccc3ccccc23)S(C)(=O)=O)c1. The van der Waals surface area contributed by atoms with Crippen molar-refractivity contribution < 1.29 is 22.7 Å². The maximum atomic E-state index is 13.0. The number of benzene rings is 3. The first kappa shape index (κ1) is 22.4. The van der Waals surface area contributed by atoms with Gasteiger partial charge in [0.05, 0.1) is 26.2 Å². The molecule has 1 N–H and O–H groups in total. The molecule has 3 aromatic rings. The molecule has 0 heterocycles. The van der Waals surface area contributed by atoms with Crippen LogP contribution in [0.3, 0.4) is 0 Å². The maximum Gasteiger partial charge on any atom is 0.243 e. The summed E-state index contributed by atoms with van der Waals surface area (Å²) in [5.74, 6) is 0.343. The Kier molecular flexibility index (Phi) is 6.70. The zero-order chi connectivity index (χ0) is 22.6. The van der Waals surface area contributed by atoms with Crippen molar-refractivity contribution in [1.82, 2.24) is 5.32 Å². The fourth-order valence-corrected chi connectivity index (χ4v) is 4.70.